The first-order valence-corrected chi connectivity index (χ1v) is 14.0. The number of ether oxygens (including phenoxy) is 2. The standard InChI is InChI=1S/C33H34N4O6/c1-20-10-12-23(13-11-20)31(38)34-26-19-27(21(2)18-25(26)33(40)42-5)36-14-16-37(17-15-36)32(39)29-22(3)43-35-30(29)24-8-6-7-9-28(24)41-4/h6-13,18-19H,14-17H2,1-5H3,(H,34,38). The number of rotatable bonds is 7. The molecule has 1 aliphatic heterocycles. The van der Waals surface area contributed by atoms with Crippen molar-refractivity contribution in [2.75, 3.05) is 50.6 Å². The SMILES string of the molecule is COC(=O)c1cc(C)c(N2CCN(C(=O)c3c(-c4ccccc4OC)noc3C)CC2)cc1NC(=O)c1ccc(C)cc1. The van der Waals surface area contributed by atoms with E-state index in [0.29, 0.717) is 65.8 Å². The summed E-state index contributed by atoms with van der Waals surface area (Å²) in [4.78, 5) is 43.3. The second kappa shape index (κ2) is 12.4. The second-order valence-corrected chi connectivity index (χ2v) is 10.4. The number of methoxy groups -OCH3 is 2. The molecule has 0 saturated carbocycles. The molecule has 0 aliphatic carbocycles. The highest BCUT2D eigenvalue weighted by Crippen LogP contribution is 2.34. The molecule has 222 valence electrons. The predicted octanol–water partition coefficient (Wildman–Crippen LogP) is 5.28. The van der Waals surface area contributed by atoms with E-state index in [9.17, 15) is 14.4 Å². The van der Waals surface area contributed by atoms with E-state index in [0.717, 1.165) is 16.8 Å². The van der Waals surface area contributed by atoms with Crippen molar-refractivity contribution in [3.05, 3.63) is 94.2 Å². The average molecular weight is 583 g/mol. The normalized spacial score (nSPS) is 13.0. The van der Waals surface area contributed by atoms with Crippen LogP contribution in [0.15, 0.2) is 65.2 Å². The molecule has 0 radical (unpaired) electrons. The number of para-hydroxylation sites is 1. The van der Waals surface area contributed by atoms with E-state index in [1.807, 2.05) is 50.2 Å². The molecule has 0 spiro atoms. The summed E-state index contributed by atoms with van der Waals surface area (Å²) in [5.74, 6) is 0.00926. The number of anilines is 2. The van der Waals surface area contributed by atoms with Crippen LogP contribution in [0.1, 0.15) is 48.0 Å². The van der Waals surface area contributed by atoms with Crippen molar-refractivity contribution in [1.29, 1.82) is 0 Å². The maximum absolute atomic E-state index is 13.7. The van der Waals surface area contributed by atoms with Crippen molar-refractivity contribution in [1.82, 2.24) is 10.1 Å². The molecule has 10 heteroatoms. The van der Waals surface area contributed by atoms with Crippen molar-refractivity contribution in [3.8, 4) is 17.0 Å². The van der Waals surface area contributed by atoms with Crippen molar-refractivity contribution < 1.29 is 28.4 Å². The number of benzene rings is 3. The Morgan fingerprint density at radius 3 is 2.28 bits per heavy atom. The fourth-order valence-electron chi connectivity index (χ4n) is 5.28. The van der Waals surface area contributed by atoms with Gasteiger partial charge in [0.15, 0.2) is 0 Å². The number of aromatic nitrogens is 1. The summed E-state index contributed by atoms with van der Waals surface area (Å²) in [5, 5.41) is 7.08. The Morgan fingerprint density at radius 2 is 1.60 bits per heavy atom. The van der Waals surface area contributed by atoms with Gasteiger partial charge in [0.1, 0.15) is 22.8 Å². The molecule has 1 fully saturated rings. The highest BCUT2D eigenvalue weighted by molar-refractivity contribution is 6.08. The van der Waals surface area contributed by atoms with Crippen LogP contribution in [0.4, 0.5) is 11.4 Å². The minimum atomic E-state index is -0.542. The molecule has 43 heavy (non-hydrogen) atoms. The molecule has 3 aromatic carbocycles. The highest BCUT2D eigenvalue weighted by Gasteiger charge is 2.30. The molecular formula is C33H34N4O6. The van der Waals surface area contributed by atoms with Crippen molar-refractivity contribution >= 4 is 29.2 Å². The molecule has 1 saturated heterocycles. The van der Waals surface area contributed by atoms with Crippen LogP contribution in [0.3, 0.4) is 0 Å². The lowest BCUT2D eigenvalue weighted by Crippen LogP contribution is -2.49. The lowest BCUT2D eigenvalue weighted by atomic mass is 10.0. The van der Waals surface area contributed by atoms with Gasteiger partial charge in [-0.05, 0) is 62.7 Å². The van der Waals surface area contributed by atoms with Gasteiger partial charge in [0, 0.05) is 43.0 Å². The Morgan fingerprint density at radius 1 is 0.907 bits per heavy atom. The van der Waals surface area contributed by atoms with Gasteiger partial charge >= 0.3 is 5.97 Å². The van der Waals surface area contributed by atoms with Crippen LogP contribution in [-0.2, 0) is 4.74 Å². The van der Waals surface area contributed by atoms with Gasteiger partial charge in [-0.2, -0.15) is 0 Å². The van der Waals surface area contributed by atoms with Gasteiger partial charge < -0.3 is 29.1 Å². The molecule has 1 N–H and O–H groups in total. The average Bonchev–Trinajstić information content (AvgIpc) is 3.42. The molecule has 0 bridgehead atoms. The van der Waals surface area contributed by atoms with E-state index < -0.39 is 5.97 Å². The molecule has 5 rings (SSSR count). The third-order valence-corrected chi connectivity index (χ3v) is 7.65. The Bertz CT molecular complexity index is 1670. The third-order valence-electron chi connectivity index (χ3n) is 7.65. The van der Waals surface area contributed by atoms with Crippen LogP contribution in [0.5, 0.6) is 5.75 Å². The van der Waals surface area contributed by atoms with Gasteiger partial charge in [0.2, 0.25) is 0 Å². The third kappa shape index (κ3) is 5.94. The minimum absolute atomic E-state index is 0.164. The van der Waals surface area contributed by atoms with Gasteiger partial charge in [0.05, 0.1) is 25.5 Å². The van der Waals surface area contributed by atoms with Crippen LogP contribution >= 0.6 is 0 Å². The summed E-state index contributed by atoms with van der Waals surface area (Å²) in [7, 11) is 2.88. The van der Waals surface area contributed by atoms with E-state index in [-0.39, 0.29) is 17.4 Å². The van der Waals surface area contributed by atoms with Gasteiger partial charge in [-0.1, -0.05) is 35.0 Å². The number of esters is 1. The summed E-state index contributed by atoms with van der Waals surface area (Å²) in [5.41, 5.74) is 5.40. The molecule has 4 aromatic rings. The zero-order valence-corrected chi connectivity index (χ0v) is 24.9. The van der Waals surface area contributed by atoms with Crippen molar-refractivity contribution in [2.45, 2.75) is 20.8 Å². The molecule has 2 amide bonds. The van der Waals surface area contributed by atoms with E-state index in [4.69, 9.17) is 14.0 Å². The molecule has 2 heterocycles. The lowest BCUT2D eigenvalue weighted by molar-refractivity contribution is 0.0601. The molecule has 10 nitrogen and oxygen atoms in total. The van der Waals surface area contributed by atoms with E-state index in [1.54, 1.807) is 43.2 Å². The number of piperazine rings is 1. The summed E-state index contributed by atoms with van der Waals surface area (Å²) in [6, 6.07) is 18.1. The van der Waals surface area contributed by atoms with Crippen LogP contribution in [-0.4, -0.2) is 68.2 Å². The maximum atomic E-state index is 13.7. The fraction of sp³-hybridized carbons (Fsp3) is 0.273. The van der Waals surface area contributed by atoms with Crippen LogP contribution in [0.2, 0.25) is 0 Å². The number of amides is 2. The number of aryl methyl sites for hydroxylation is 3. The first-order chi connectivity index (χ1) is 20.7. The number of carbonyl (C=O) groups excluding carboxylic acids is 3. The van der Waals surface area contributed by atoms with Gasteiger partial charge in [-0.15, -0.1) is 0 Å². The predicted molar refractivity (Wildman–Crippen MR) is 163 cm³/mol. The van der Waals surface area contributed by atoms with E-state index >= 15 is 0 Å². The Kier molecular flexibility index (Phi) is 8.47. The topological polar surface area (TPSA) is 114 Å². The first kappa shape index (κ1) is 29.4. The molecule has 0 atom stereocenters. The number of nitrogens with one attached hydrogen (secondary N) is 1. The van der Waals surface area contributed by atoms with Gasteiger partial charge in [-0.3, -0.25) is 9.59 Å². The molecule has 1 aliphatic rings. The molecule has 0 unspecified atom stereocenters. The number of hydrogen-bond donors (Lipinski definition) is 1. The fourth-order valence-corrected chi connectivity index (χ4v) is 5.28. The zero-order chi connectivity index (χ0) is 30.7. The lowest BCUT2D eigenvalue weighted by Gasteiger charge is -2.37. The Labute approximate surface area is 250 Å². The Balaban J connectivity index is 1.37. The Hall–Kier alpha value is -5.12. The van der Waals surface area contributed by atoms with Crippen molar-refractivity contribution in [3.63, 3.8) is 0 Å². The first-order valence-electron chi connectivity index (χ1n) is 14.0. The minimum Gasteiger partial charge on any atom is -0.496 e. The molecule has 1 aromatic heterocycles. The van der Waals surface area contributed by atoms with Crippen LogP contribution in [0, 0.1) is 20.8 Å². The summed E-state index contributed by atoms with van der Waals surface area (Å²) in [6.45, 7) is 7.59. The van der Waals surface area contributed by atoms with Gasteiger partial charge in [0.25, 0.3) is 11.8 Å². The maximum Gasteiger partial charge on any atom is 0.339 e. The monoisotopic (exact) mass is 582 g/mol. The second-order valence-electron chi connectivity index (χ2n) is 10.4. The smallest absolute Gasteiger partial charge is 0.339 e. The summed E-state index contributed by atoms with van der Waals surface area (Å²) >= 11 is 0. The van der Waals surface area contributed by atoms with E-state index in [2.05, 4.69) is 15.4 Å². The number of nitrogens with zero attached hydrogens (tertiary/aromatic N) is 3. The van der Waals surface area contributed by atoms with Crippen LogP contribution < -0.4 is 15.0 Å². The van der Waals surface area contributed by atoms with E-state index in [1.165, 1.54) is 7.11 Å². The highest BCUT2D eigenvalue weighted by atomic mass is 16.5. The van der Waals surface area contributed by atoms with Crippen molar-refractivity contribution in [2.24, 2.45) is 0 Å². The largest absolute Gasteiger partial charge is 0.496 e. The number of hydrogen-bond acceptors (Lipinski definition) is 8. The van der Waals surface area contributed by atoms with Gasteiger partial charge in [-0.25, -0.2) is 4.79 Å². The number of carbonyl (C=O) groups is 3. The quantitative estimate of drug-likeness (QED) is 0.293. The molecular weight excluding hydrogens is 548 g/mol. The summed E-state index contributed by atoms with van der Waals surface area (Å²) < 4.78 is 15.9. The summed E-state index contributed by atoms with van der Waals surface area (Å²) in [6.07, 6.45) is 0. The zero-order valence-electron chi connectivity index (χ0n) is 24.9. The van der Waals surface area contributed by atoms with Crippen LogP contribution in [0.25, 0.3) is 11.3 Å².